The molecule has 0 aliphatic carbocycles. The van der Waals surface area contributed by atoms with E-state index in [0.29, 0.717) is 12.5 Å². The van der Waals surface area contributed by atoms with Crippen molar-refractivity contribution < 1.29 is 4.74 Å². The number of rotatable bonds is 6. The molecule has 3 aromatic rings. The average Bonchev–Trinajstić information content (AvgIpc) is 3.27. The van der Waals surface area contributed by atoms with Gasteiger partial charge < -0.3 is 9.30 Å². The molecule has 0 spiro atoms. The topological polar surface area (TPSA) is 60.5 Å². The van der Waals surface area contributed by atoms with E-state index in [0.717, 1.165) is 56.3 Å². The molecule has 0 bridgehead atoms. The molecule has 0 unspecified atom stereocenters. The molecule has 7 heteroatoms. The van der Waals surface area contributed by atoms with Crippen LogP contribution in [-0.2, 0) is 17.8 Å². The lowest BCUT2D eigenvalue weighted by Gasteiger charge is -2.31. The number of hydrogen-bond donors (Lipinski definition) is 0. The molecule has 0 saturated carbocycles. The van der Waals surface area contributed by atoms with Gasteiger partial charge in [0.1, 0.15) is 11.6 Å². The van der Waals surface area contributed by atoms with E-state index < -0.39 is 0 Å². The zero-order chi connectivity index (χ0) is 17.1. The summed E-state index contributed by atoms with van der Waals surface area (Å²) >= 11 is 0. The Morgan fingerprint density at radius 2 is 2.04 bits per heavy atom. The molecule has 7 nitrogen and oxygen atoms in total. The van der Waals surface area contributed by atoms with Crippen molar-refractivity contribution in [1.29, 1.82) is 0 Å². The van der Waals surface area contributed by atoms with Crippen LogP contribution in [0.15, 0.2) is 36.8 Å². The second-order valence-corrected chi connectivity index (χ2v) is 6.57. The molecule has 132 valence electrons. The van der Waals surface area contributed by atoms with Crippen molar-refractivity contribution in [2.45, 2.75) is 31.8 Å². The number of aromatic nitrogens is 5. The SMILES string of the molecule is COCCn1ccnc1CN1CCC(c2nnc3ccccn23)CC1. The molecule has 1 aliphatic rings. The van der Waals surface area contributed by atoms with Crippen molar-refractivity contribution >= 4 is 5.65 Å². The number of fused-ring (bicyclic) bond motifs is 1. The number of hydrogen-bond acceptors (Lipinski definition) is 5. The lowest BCUT2D eigenvalue weighted by molar-refractivity contribution is 0.177. The number of pyridine rings is 1. The first-order chi connectivity index (χ1) is 12.3. The van der Waals surface area contributed by atoms with Crippen LogP contribution >= 0.6 is 0 Å². The molecule has 25 heavy (non-hydrogen) atoms. The maximum atomic E-state index is 5.17. The van der Waals surface area contributed by atoms with Gasteiger partial charge in [-0.05, 0) is 38.1 Å². The van der Waals surface area contributed by atoms with Gasteiger partial charge in [-0.3, -0.25) is 9.30 Å². The molecule has 0 radical (unpaired) electrons. The van der Waals surface area contributed by atoms with Crippen molar-refractivity contribution in [3.05, 3.63) is 48.4 Å². The number of likely N-dealkylation sites (tertiary alicyclic amines) is 1. The molecule has 1 fully saturated rings. The Kier molecular flexibility index (Phi) is 4.76. The van der Waals surface area contributed by atoms with E-state index in [1.807, 2.05) is 30.6 Å². The third kappa shape index (κ3) is 3.43. The summed E-state index contributed by atoms with van der Waals surface area (Å²) in [5, 5.41) is 8.72. The van der Waals surface area contributed by atoms with Crippen LogP contribution < -0.4 is 0 Å². The van der Waals surface area contributed by atoms with E-state index in [1.54, 1.807) is 7.11 Å². The van der Waals surface area contributed by atoms with Crippen molar-refractivity contribution in [2.24, 2.45) is 0 Å². The van der Waals surface area contributed by atoms with Crippen LogP contribution in [-0.4, -0.2) is 55.9 Å². The summed E-state index contributed by atoms with van der Waals surface area (Å²) in [5.74, 6) is 2.68. The normalized spacial score (nSPS) is 16.7. The fraction of sp³-hybridized carbons (Fsp3) is 0.500. The predicted octanol–water partition coefficient (Wildman–Crippen LogP) is 1.95. The molecule has 4 rings (SSSR count). The number of nitrogens with zero attached hydrogens (tertiary/aromatic N) is 6. The Morgan fingerprint density at radius 3 is 2.88 bits per heavy atom. The third-order valence-corrected chi connectivity index (χ3v) is 5.00. The van der Waals surface area contributed by atoms with Crippen molar-refractivity contribution in [2.75, 3.05) is 26.8 Å². The molecule has 1 aliphatic heterocycles. The van der Waals surface area contributed by atoms with E-state index in [4.69, 9.17) is 4.74 Å². The smallest absolute Gasteiger partial charge is 0.160 e. The van der Waals surface area contributed by atoms with Crippen LogP contribution in [0.4, 0.5) is 0 Å². The Bertz CT molecular complexity index is 818. The van der Waals surface area contributed by atoms with Crippen molar-refractivity contribution in [3.63, 3.8) is 0 Å². The molecule has 0 atom stereocenters. The third-order valence-electron chi connectivity index (χ3n) is 5.00. The minimum atomic E-state index is 0.474. The van der Waals surface area contributed by atoms with Crippen LogP contribution in [0.5, 0.6) is 0 Å². The van der Waals surface area contributed by atoms with Gasteiger partial charge in [-0.25, -0.2) is 4.98 Å². The van der Waals surface area contributed by atoms with E-state index in [9.17, 15) is 0 Å². The van der Waals surface area contributed by atoms with E-state index >= 15 is 0 Å². The molecule has 1 saturated heterocycles. The summed E-state index contributed by atoms with van der Waals surface area (Å²) in [6, 6.07) is 6.04. The van der Waals surface area contributed by atoms with E-state index in [2.05, 4.69) is 35.2 Å². The largest absolute Gasteiger partial charge is 0.383 e. The molecule has 0 N–H and O–H groups in total. The second-order valence-electron chi connectivity index (χ2n) is 6.57. The minimum Gasteiger partial charge on any atom is -0.383 e. The lowest BCUT2D eigenvalue weighted by Crippen LogP contribution is -2.34. The number of methoxy groups -OCH3 is 1. The first kappa shape index (κ1) is 16.2. The van der Waals surface area contributed by atoms with E-state index in [1.165, 1.54) is 0 Å². The first-order valence-electron chi connectivity index (χ1n) is 8.86. The Morgan fingerprint density at radius 1 is 1.16 bits per heavy atom. The minimum absolute atomic E-state index is 0.474. The molecular weight excluding hydrogens is 316 g/mol. The maximum absolute atomic E-state index is 5.17. The van der Waals surface area contributed by atoms with Crippen molar-refractivity contribution in [1.82, 2.24) is 29.0 Å². The van der Waals surface area contributed by atoms with Crippen molar-refractivity contribution in [3.8, 4) is 0 Å². The zero-order valence-corrected chi connectivity index (χ0v) is 14.6. The summed E-state index contributed by atoms with van der Waals surface area (Å²) in [5.41, 5.74) is 0.931. The maximum Gasteiger partial charge on any atom is 0.160 e. The van der Waals surface area contributed by atoms with Gasteiger partial charge in [-0.1, -0.05) is 6.07 Å². The number of ether oxygens (including phenoxy) is 1. The fourth-order valence-electron chi connectivity index (χ4n) is 3.57. The van der Waals surface area contributed by atoms with Gasteiger partial charge in [0.05, 0.1) is 13.2 Å². The highest BCUT2D eigenvalue weighted by Gasteiger charge is 2.25. The Balaban J connectivity index is 1.38. The standard InChI is InChI=1S/C18H24N6O/c1-25-13-12-23-11-7-19-17(23)14-22-9-5-15(6-10-22)18-21-20-16-4-2-3-8-24(16)18/h2-4,7-8,11,15H,5-6,9-10,12-14H2,1H3. The zero-order valence-electron chi connectivity index (χ0n) is 14.6. The highest BCUT2D eigenvalue weighted by atomic mass is 16.5. The summed E-state index contributed by atoms with van der Waals surface area (Å²) in [4.78, 5) is 6.99. The van der Waals surface area contributed by atoms with Gasteiger partial charge in [0.2, 0.25) is 0 Å². The molecule has 3 aromatic heterocycles. The van der Waals surface area contributed by atoms with Gasteiger partial charge in [-0.15, -0.1) is 10.2 Å². The van der Waals surface area contributed by atoms with Crippen LogP contribution in [0.25, 0.3) is 5.65 Å². The predicted molar refractivity (Wildman–Crippen MR) is 94.3 cm³/mol. The molecular formula is C18H24N6O. The average molecular weight is 340 g/mol. The highest BCUT2D eigenvalue weighted by Crippen LogP contribution is 2.27. The fourth-order valence-corrected chi connectivity index (χ4v) is 3.57. The quantitative estimate of drug-likeness (QED) is 0.686. The lowest BCUT2D eigenvalue weighted by atomic mass is 9.96. The van der Waals surface area contributed by atoms with Crippen LogP contribution in [0, 0.1) is 0 Å². The number of imidazole rings is 1. The van der Waals surface area contributed by atoms with Crippen LogP contribution in [0.3, 0.4) is 0 Å². The Hall–Kier alpha value is -2.25. The summed E-state index contributed by atoms with van der Waals surface area (Å²) in [7, 11) is 1.73. The van der Waals surface area contributed by atoms with Crippen LogP contribution in [0.2, 0.25) is 0 Å². The van der Waals surface area contributed by atoms with Gasteiger partial charge in [0.15, 0.2) is 5.65 Å². The van der Waals surface area contributed by atoms with Gasteiger partial charge in [-0.2, -0.15) is 0 Å². The second kappa shape index (κ2) is 7.33. The van der Waals surface area contributed by atoms with E-state index in [-0.39, 0.29) is 0 Å². The molecule has 0 amide bonds. The van der Waals surface area contributed by atoms with Gasteiger partial charge in [0.25, 0.3) is 0 Å². The molecule has 0 aromatic carbocycles. The summed E-state index contributed by atoms with van der Waals surface area (Å²) in [6.45, 7) is 4.58. The van der Waals surface area contributed by atoms with Gasteiger partial charge in [0, 0.05) is 38.2 Å². The summed E-state index contributed by atoms with van der Waals surface area (Å²) < 4.78 is 9.48. The highest BCUT2D eigenvalue weighted by molar-refractivity contribution is 5.37. The summed E-state index contributed by atoms with van der Waals surface area (Å²) in [6.07, 6.45) is 8.18. The monoisotopic (exact) mass is 340 g/mol. The first-order valence-corrected chi connectivity index (χ1v) is 8.86. The molecule has 4 heterocycles. The van der Waals surface area contributed by atoms with Gasteiger partial charge >= 0.3 is 0 Å². The Labute approximate surface area is 147 Å². The number of piperidine rings is 1. The van der Waals surface area contributed by atoms with Crippen LogP contribution in [0.1, 0.15) is 30.4 Å².